The Morgan fingerprint density at radius 1 is 1.06 bits per heavy atom. The van der Waals surface area contributed by atoms with E-state index in [1.165, 1.54) is 16.3 Å². The van der Waals surface area contributed by atoms with Gasteiger partial charge in [-0.1, -0.05) is 48.5 Å². The molecule has 5 rings (SSSR count). The van der Waals surface area contributed by atoms with Crippen LogP contribution in [0.1, 0.15) is 27.2 Å². The number of allylic oxidation sites excluding steroid dienone is 1. The van der Waals surface area contributed by atoms with E-state index in [0.29, 0.717) is 37.7 Å². The molecule has 3 aromatic rings. The lowest BCUT2D eigenvalue weighted by molar-refractivity contribution is -0.112. The summed E-state index contributed by atoms with van der Waals surface area (Å²) in [5.74, 6) is -0.217. The summed E-state index contributed by atoms with van der Waals surface area (Å²) in [5, 5.41) is 7.65. The number of carbonyl (C=O) groups is 1. The Labute approximate surface area is 222 Å². The number of thioether (sulfide) groups is 1. The largest absolute Gasteiger partial charge is 0.335 e. The third-order valence-corrected chi connectivity index (χ3v) is 8.49. The second-order valence-corrected chi connectivity index (χ2v) is 10.9. The van der Waals surface area contributed by atoms with Gasteiger partial charge in [0.25, 0.3) is 11.5 Å². The number of rotatable bonds is 5. The highest BCUT2D eigenvalue weighted by atomic mass is 35.5. The first-order valence-electron chi connectivity index (χ1n) is 11.8. The summed E-state index contributed by atoms with van der Waals surface area (Å²) in [4.78, 5) is 30.2. The number of para-hydroxylation sites is 1. The molecule has 0 saturated heterocycles. The minimum Gasteiger partial charge on any atom is -0.335 e. The van der Waals surface area contributed by atoms with Crippen molar-refractivity contribution in [3.63, 3.8) is 0 Å². The Bertz CT molecular complexity index is 1590. The highest BCUT2D eigenvalue weighted by molar-refractivity contribution is 8.03. The van der Waals surface area contributed by atoms with Crippen LogP contribution >= 0.6 is 34.7 Å². The van der Waals surface area contributed by atoms with Gasteiger partial charge >= 0.3 is 0 Å². The van der Waals surface area contributed by atoms with Crippen LogP contribution in [0.4, 0.5) is 11.4 Å². The highest BCUT2D eigenvalue weighted by Gasteiger charge is 2.31. The van der Waals surface area contributed by atoms with Gasteiger partial charge in [0.15, 0.2) is 0 Å². The number of anilines is 2. The Kier molecular flexibility index (Phi) is 6.92. The summed E-state index contributed by atoms with van der Waals surface area (Å²) in [6.07, 6.45) is 4.62. The summed E-state index contributed by atoms with van der Waals surface area (Å²) in [7, 11) is 0. The minimum absolute atomic E-state index is 0.0911. The van der Waals surface area contributed by atoms with Crippen LogP contribution in [0, 0.1) is 0 Å². The Morgan fingerprint density at radius 2 is 1.83 bits per heavy atom. The van der Waals surface area contributed by atoms with Crippen molar-refractivity contribution in [2.24, 2.45) is 5.10 Å². The number of halogens is 1. The van der Waals surface area contributed by atoms with E-state index in [-0.39, 0.29) is 11.5 Å². The van der Waals surface area contributed by atoms with Crippen LogP contribution < -0.4 is 24.7 Å². The number of hydrogen-bond donors (Lipinski definition) is 0. The second-order valence-electron chi connectivity index (χ2n) is 8.37. The number of hydrazone groups is 1. The van der Waals surface area contributed by atoms with Crippen LogP contribution in [0.2, 0.25) is 5.02 Å². The smallest absolute Gasteiger partial charge is 0.283 e. The van der Waals surface area contributed by atoms with E-state index in [0.717, 1.165) is 28.6 Å². The summed E-state index contributed by atoms with van der Waals surface area (Å²) in [6, 6.07) is 15.2. The van der Waals surface area contributed by atoms with E-state index in [4.69, 9.17) is 11.6 Å². The van der Waals surface area contributed by atoms with Crippen molar-refractivity contribution >= 4 is 69.3 Å². The summed E-state index contributed by atoms with van der Waals surface area (Å²) < 4.78 is 2.95. The molecule has 184 valence electrons. The maximum atomic E-state index is 13.4. The molecule has 0 saturated carbocycles. The van der Waals surface area contributed by atoms with Gasteiger partial charge in [-0.3, -0.25) is 14.2 Å². The van der Waals surface area contributed by atoms with Crippen LogP contribution in [0.5, 0.6) is 0 Å². The van der Waals surface area contributed by atoms with E-state index in [9.17, 15) is 9.59 Å². The van der Waals surface area contributed by atoms with E-state index in [2.05, 4.69) is 16.9 Å². The minimum atomic E-state index is -0.217. The Hall–Kier alpha value is -3.07. The summed E-state index contributed by atoms with van der Waals surface area (Å²) in [5.41, 5.74) is 2.77. The predicted molar refractivity (Wildman–Crippen MR) is 151 cm³/mol. The van der Waals surface area contributed by atoms with Crippen LogP contribution in [-0.4, -0.2) is 22.7 Å². The van der Waals surface area contributed by atoms with Crippen LogP contribution in [0.15, 0.2) is 74.4 Å². The normalized spacial score (nSPS) is 18.4. The number of thiazole rings is 1. The van der Waals surface area contributed by atoms with E-state index in [1.807, 2.05) is 74.5 Å². The van der Waals surface area contributed by atoms with Gasteiger partial charge in [0.1, 0.15) is 4.66 Å². The molecule has 6 nitrogen and oxygen atoms in total. The lowest BCUT2D eigenvalue weighted by Gasteiger charge is -2.17. The zero-order valence-corrected chi connectivity index (χ0v) is 22.6. The standard InChI is InChI=1S/C27H25ClN4O2S2/c1-4-15-31-25(33)22(13-14-23-30(5-2)20-16-18(28)11-12-21(20)35-23)36-27(31)24-17(3)29-32(26(24)34)19-9-7-6-8-10-19/h6-14,16H,4-5,15H2,1-3H3/b22-13-,23-14+,27-24+. The van der Waals surface area contributed by atoms with Gasteiger partial charge < -0.3 is 4.90 Å². The van der Waals surface area contributed by atoms with Crippen molar-refractivity contribution in [2.75, 3.05) is 16.5 Å². The molecule has 0 aliphatic carbocycles. The third kappa shape index (κ3) is 4.34. The van der Waals surface area contributed by atoms with Gasteiger partial charge in [-0.25, -0.2) is 0 Å². The molecule has 2 aliphatic rings. The summed E-state index contributed by atoms with van der Waals surface area (Å²) >= 11 is 9.22. The van der Waals surface area contributed by atoms with Crippen molar-refractivity contribution < 1.29 is 4.79 Å². The number of hydrogen-bond acceptors (Lipinski definition) is 6. The number of amides is 1. The molecule has 0 spiro atoms. The van der Waals surface area contributed by atoms with Gasteiger partial charge in [0, 0.05) is 23.0 Å². The molecule has 0 atom stereocenters. The molecule has 2 aromatic carbocycles. The fourth-order valence-electron chi connectivity index (χ4n) is 4.31. The fraction of sp³-hybridized carbons (Fsp3) is 0.222. The highest BCUT2D eigenvalue weighted by Crippen LogP contribution is 2.46. The maximum Gasteiger partial charge on any atom is 0.283 e. The first-order valence-corrected chi connectivity index (χ1v) is 13.8. The molecular formula is C27H25ClN4O2S2. The van der Waals surface area contributed by atoms with Crippen molar-refractivity contribution in [1.82, 2.24) is 4.57 Å². The molecule has 2 aliphatic heterocycles. The molecule has 1 amide bonds. The average Bonchev–Trinajstić information content (AvgIpc) is 3.48. The molecule has 0 unspecified atom stereocenters. The van der Waals surface area contributed by atoms with Gasteiger partial charge in [0.05, 0.1) is 32.2 Å². The van der Waals surface area contributed by atoms with E-state index >= 15 is 0 Å². The van der Waals surface area contributed by atoms with Gasteiger partial charge in [-0.2, -0.15) is 10.1 Å². The quantitative estimate of drug-likeness (QED) is 0.470. The number of fused-ring (bicyclic) bond motifs is 1. The molecule has 0 bridgehead atoms. The van der Waals surface area contributed by atoms with Crippen molar-refractivity contribution in [2.45, 2.75) is 38.6 Å². The first kappa shape index (κ1) is 24.6. The number of benzene rings is 2. The average molecular weight is 537 g/mol. The Balaban J connectivity index is 1.61. The number of carbonyl (C=O) groups excluding carboxylic acids is 1. The molecule has 1 aromatic heterocycles. The van der Waals surface area contributed by atoms with Crippen molar-refractivity contribution in [1.29, 1.82) is 0 Å². The van der Waals surface area contributed by atoms with Gasteiger partial charge in [0.2, 0.25) is 0 Å². The molecular weight excluding hydrogens is 512 g/mol. The monoisotopic (exact) mass is 536 g/mol. The molecule has 0 radical (unpaired) electrons. The van der Waals surface area contributed by atoms with Crippen molar-refractivity contribution in [3.8, 4) is 0 Å². The zero-order chi connectivity index (χ0) is 25.4. The van der Waals surface area contributed by atoms with Crippen molar-refractivity contribution in [3.05, 3.63) is 84.2 Å². The predicted octanol–water partition coefficient (Wildman–Crippen LogP) is 4.80. The number of nitrogens with zero attached hydrogens (tertiary/aromatic N) is 4. The second kappa shape index (κ2) is 10.1. The zero-order valence-electron chi connectivity index (χ0n) is 20.2. The lowest BCUT2D eigenvalue weighted by atomic mass is 10.2. The van der Waals surface area contributed by atoms with Gasteiger partial charge in [-0.15, -0.1) is 11.3 Å². The topological polar surface area (TPSA) is 57.9 Å². The number of aromatic nitrogens is 1. The SMILES string of the molecule is CCCn1c(=O)/c(=C/C=C2/Sc3ccc(Cl)cc3N2CC)s/c1=C1/C(=O)N(c2ccccc2)N=C1C. The van der Waals surface area contributed by atoms with Crippen LogP contribution in [0.3, 0.4) is 0 Å². The summed E-state index contributed by atoms with van der Waals surface area (Å²) in [6.45, 7) is 7.25. The Morgan fingerprint density at radius 3 is 2.56 bits per heavy atom. The molecule has 36 heavy (non-hydrogen) atoms. The molecule has 0 N–H and O–H groups in total. The maximum absolute atomic E-state index is 13.4. The first-order chi connectivity index (χ1) is 17.4. The molecule has 0 fully saturated rings. The lowest BCUT2D eigenvalue weighted by Crippen LogP contribution is -2.34. The van der Waals surface area contributed by atoms with Gasteiger partial charge in [-0.05, 0) is 62.8 Å². The molecule has 3 heterocycles. The third-order valence-electron chi connectivity index (χ3n) is 5.97. The van der Waals surface area contributed by atoms with Crippen LogP contribution in [0.25, 0.3) is 11.6 Å². The molecule has 9 heteroatoms. The fourth-order valence-corrected chi connectivity index (χ4v) is 6.75. The van der Waals surface area contributed by atoms with E-state index in [1.54, 1.807) is 16.3 Å². The van der Waals surface area contributed by atoms with E-state index < -0.39 is 0 Å². The van der Waals surface area contributed by atoms with Crippen LogP contribution in [-0.2, 0) is 11.3 Å².